The Morgan fingerprint density at radius 1 is 1.33 bits per heavy atom. The summed E-state index contributed by atoms with van der Waals surface area (Å²) in [5.74, 6) is -1.56. The third-order valence-electron chi connectivity index (χ3n) is 4.76. The number of carbonyl (C=O) groups is 3. The summed E-state index contributed by atoms with van der Waals surface area (Å²) < 4.78 is 16.0. The van der Waals surface area contributed by atoms with Gasteiger partial charge in [0.1, 0.15) is 18.4 Å². The first-order chi connectivity index (χ1) is 14.4. The van der Waals surface area contributed by atoms with Crippen molar-refractivity contribution in [1.82, 2.24) is 5.32 Å². The molecule has 30 heavy (non-hydrogen) atoms. The van der Waals surface area contributed by atoms with Crippen LogP contribution in [0, 0.1) is 0 Å². The normalized spacial score (nSPS) is 17.4. The molecule has 0 aromatic carbocycles. The fraction of sp³-hybridized carbons (Fsp3) is 0.450. The zero-order chi connectivity index (χ0) is 21.7. The number of carbonyl (C=O) groups excluding carboxylic acids is 2. The van der Waals surface area contributed by atoms with E-state index in [0.29, 0.717) is 12.0 Å². The number of aliphatic hydroxyl groups is 1. The number of amides is 3. The Hall–Kier alpha value is -3.11. The van der Waals surface area contributed by atoms with Crippen molar-refractivity contribution < 1.29 is 38.2 Å². The number of nitrogens with one attached hydrogen (secondary N) is 1. The van der Waals surface area contributed by atoms with Gasteiger partial charge in [-0.25, -0.2) is 14.5 Å². The number of carboxylic acid groups (broad SMARTS) is 1. The number of ether oxygens (including phenoxy) is 1. The SMILES string of the molecule is CCCCCC(O)c1coc(N2C(=O)NC(=O)C2COCc2ccc(C(=O)O)o2)c1. The van der Waals surface area contributed by atoms with Gasteiger partial charge in [-0.05, 0) is 18.6 Å². The van der Waals surface area contributed by atoms with Crippen molar-refractivity contribution >= 4 is 23.8 Å². The number of furan rings is 2. The van der Waals surface area contributed by atoms with Crippen molar-refractivity contribution in [1.29, 1.82) is 0 Å². The van der Waals surface area contributed by atoms with Crippen molar-refractivity contribution in [3.63, 3.8) is 0 Å². The molecule has 2 unspecified atom stereocenters. The molecule has 1 saturated heterocycles. The molecule has 3 heterocycles. The maximum Gasteiger partial charge on any atom is 0.371 e. The lowest BCUT2D eigenvalue weighted by molar-refractivity contribution is -0.121. The summed E-state index contributed by atoms with van der Waals surface area (Å²) in [5.41, 5.74) is 0.532. The van der Waals surface area contributed by atoms with E-state index in [1.54, 1.807) is 0 Å². The number of rotatable bonds is 11. The number of anilines is 1. The van der Waals surface area contributed by atoms with Gasteiger partial charge in [0.25, 0.3) is 5.91 Å². The van der Waals surface area contributed by atoms with Crippen molar-refractivity contribution in [3.05, 3.63) is 41.5 Å². The molecule has 3 amide bonds. The fourth-order valence-electron chi connectivity index (χ4n) is 3.15. The van der Waals surface area contributed by atoms with Gasteiger partial charge in [-0.1, -0.05) is 26.2 Å². The number of urea groups is 1. The van der Waals surface area contributed by atoms with Crippen molar-refractivity contribution in [2.45, 2.75) is 51.4 Å². The predicted octanol–water partition coefficient (Wildman–Crippen LogP) is 2.83. The maximum atomic E-state index is 12.2. The van der Waals surface area contributed by atoms with Gasteiger partial charge in [0.15, 0.2) is 0 Å². The Bertz CT molecular complexity index is 902. The summed E-state index contributed by atoms with van der Waals surface area (Å²) in [7, 11) is 0. The zero-order valence-corrected chi connectivity index (χ0v) is 16.5. The number of carboxylic acids is 1. The Morgan fingerprint density at radius 3 is 2.83 bits per heavy atom. The van der Waals surface area contributed by atoms with Crippen LogP contribution < -0.4 is 10.2 Å². The maximum absolute atomic E-state index is 12.2. The number of unbranched alkanes of at least 4 members (excludes halogenated alkanes) is 2. The van der Waals surface area contributed by atoms with Crippen LogP contribution in [0.3, 0.4) is 0 Å². The van der Waals surface area contributed by atoms with E-state index >= 15 is 0 Å². The molecule has 162 valence electrons. The second kappa shape index (κ2) is 9.59. The van der Waals surface area contributed by atoms with Crippen LogP contribution in [-0.2, 0) is 16.1 Å². The van der Waals surface area contributed by atoms with Gasteiger partial charge in [0.2, 0.25) is 11.6 Å². The number of nitrogens with zero attached hydrogens (tertiary/aromatic N) is 1. The molecule has 10 heteroatoms. The van der Waals surface area contributed by atoms with Crippen LogP contribution in [0.2, 0.25) is 0 Å². The van der Waals surface area contributed by atoms with E-state index in [1.165, 1.54) is 24.5 Å². The van der Waals surface area contributed by atoms with E-state index in [9.17, 15) is 19.5 Å². The lowest BCUT2D eigenvalue weighted by Gasteiger charge is -2.18. The Balaban J connectivity index is 1.62. The molecule has 0 aliphatic carbocycles. The average Bonchev–Trinajstić information content (AvgIpc) is 3.42. The minimum Gasteiger partial charge on any atom is -0.475 e. The van der Waals surface area contributed by atoms with Gasteiger partial charge in [-0.2, -0.15) is 0 Å². The summed E-state index contributed by atoms with van der Waals surface area (Å²) >= 11 is 0. The van der Waals surface area contributed by atoms with E-state index in [1.807, 2.05) is 0 Å². The lowest BCUT2D eigenvalue weighted by atomic mass is 10.1. The summed E-state index contributed by atoms with van der Waals surface area (Å²) in [4.78, 5) is 36.4. The monoisotopic (exact) mass is 420 g/mol. The third kappa shape index (κ3) is 4.89. The fourth-order valence-corrected chi connectivity index (χ4v) is 3.15. The van der Waals surface area contributed by atoms with Crippen molar-refractivity contribution in [2.24, 2.45) is 0 Å². The van der Waals surface area contributed by atoms with E-state index in [2.05, 4.69) is 12.2 Å². The van der Waals surface area contributed by atoms with Crippen LogP contribution >= 0.6 is 0 Å². The van der Waals surface area contributed by atoms with Crippen molar-refractivity contribution in [2.75, 3.05) is 11.5 Å². The molecule has 0 spiro atoms. The highest BCUT2D eigenvalue weighted by Gasteiger charge is 2.41. The molecule has 3 N–H and O–H groups in total. The van der Waals surface area contributed by atoms with Crippen LogP contribution in [0.15, 0.2) is 33.3 Å². The van der Waals surface area contributed by atoms with Crippen LogP contribution in [0.1, 0.15) is 60.6 Å². The standard InChI is InChI=1S/C20H24N2O8/c1-2-3-4-5-15(23)12-8-17(29-9-12)22-14(18(24)21-20(22)27)11-28-10-13-6-7-16(30-13)19(25)26/h6-9,14-15,23H,2-5,10-11H2,1H3,(H,25,26)(H,21,24,27). The van der Waals surface area contributed by atoms with Gasteiger partial charge in [0, 0.05) is 11.6 Å². The molecule has 1 fully saturated rings. The quantitative estimate of drug-likeness (QED) is 0.372. The highest BCUT2D eigenvalue weighted by atomic mass is 16.5. The highest BCUT2D eigenvalue weighted by molar-refractivity contribution is 6.13. The Morgan fingerprint density at radius 2 is 2.13 bits per heavy atom. The summed E-state index contributed by atoms with van der Waals surface area (Å²) in [6.07, 6.45) is 4.15. The second-order valence-electron chi connectivity index (χ2n) is 7.00. The molecule has 1 aliphatic rings. The molecule has 2 atom stereocenters. The van der Waals surface area contributed by atoms with Gasteiger partial charge in [-0.15, -0.1) is 0 Å². The van der Waals surface area contributed by atoms with Gasteiger partial charge < -0.3 is 23.8 Å². The zero-order valence-electron chi connectivity index (χ0n) is 16.5. The number of imide groups is 1. The van der Waals surface area contributed by atoms with E-state index in [-0.39, 0.29) is 30.6 Å². The van der Waals surface area contributed by atoms with Crippen LogP contribution in [0.5, 0.6) is 0 Å². The number of hydrogen-bond donors (Lipinski definition) is 3. The molecule has 2 aromatic rings. The number of aliphatic hydroxyl groups excluding tert-OH is 1. The summed E-state index contributed by atoms with van der Waals surface area (Å²) in [6.45, 7) is 1.85. The predicted molar refractivity (Wildman–Crippen MR) is 103 cm³/mol. The van der Waals surface area contributed by atoms with Crippen LogP contribution in [0.4, 0.5) is 10.7 Å². The van der Waals surface area contributed by atoms with Gasteiger partial charge in [0.05, 0.1) is 19.0 Å². The molecule has 0 bridgehead atoms. The molecule has 3 rings (SSSR count). The van der Waals surface area contributed by atoms with Crippen LogP contribution in [0.25, 0.3) is 0 Å². The van der Waals surface area contributed by atoms with Gasteiger partial charge >= 0.3 is 12.0 Å². The van der Waals surface area contributed by atoms with Crippen molar-refractivity contribution in [3.8, 4) is 0 Å². The summed E-state index contributed by atoms with van der Waals surface area (Å²) in [6, 6.07) is 2.67. The number of hydrogen-bond acceptors (Lipinski definition) is 7. The Kier molecular flexibility index (Phi) is 6.91. The third-order valence-corrected chi connectivity index (χ3v) is 4.76. The minimum absolute atomic E-state index is 0.0708. The van der Waals surface area contributed by atoms with Crippen LogP contribution in [-0.4, -0.2) is 40.8 Å². The molecular formula is C20H24N2O8. The summed E-state index contributed by atoms with van der Waals surface area (Å²) in [5, 5.41) is 21.3. The minimum atomic E-state index is -1.20. The molecule has 10 nitrogen and oxygen atoms in total. The highest BCUT2D eigenvalue weighted by Crippen LogP contribution is 2.29. The first kappa shape index (κ1) is 21.6. The average molecular weight is 420 g/mol. The van der Waals surface area contributed by atoms with E-state index < -0.39 is 30.1 Å². The largest absolute Gasteiger partial charge is 0.475 e. The molecule has 1 aliphatic heterocycles. The van der Waals surface area contributed by atoms with E-state index in [4.69, 9.17) is 18.7 Å². The first-order valence-corrected chi connectivity index (χ1v) is 9.71. The topological polar surface area (TPSA) is 142 Å². The molecular weight excluding hydrogens is 396 g/mol. The first-order valence-electron chi connectivity index (χ1n) is 9.71. The van der Waals surface area contributed by atoms with E-state index in [0.717, 1.165) is 24.2 Å². The Labute approximate surface area is 172 Å². The lowest BCUT2D eigenvalue weighted by Crippen LogP contribution is -2.38. The molecule has 0 saturated carbocycles. The number of aromatic carboxylic acids is 1. The van der Waals surface area contributed by atoms with Gasteiger partial charge in [-0.3, -0.25) is 10.1 Å². The second-order valence-corrected chi connectivity index (χ2v) is 7.00. The molecule has 0 radical (unpaired) electrons. The molecule has 2 aromatic heterocycles. The smallest absolute Gasteiger partial charge is 0.371 e.